The van der Waals surface area contributed by atoms with Crippen LogP contribution in [0.3, 0.4) is 0 Å². The molecule has 18 heavy (non-hydrogen) atoms. The van der Waals surface area contributed by atoms with Gasteiger partial charge in [0.2, 0.25) is 0 Å². The molecule has 0 saturated heterocycles. The molecule has 1 saturated carbocycles. The molecule has 0 bridgehead atoms. The Labute approximate surface area is 107 Å². The van der Waals surface area contributed by atoms with Gasteiger partial charge in [-0.2, -0.15) is 0 Å². The summed E-state index contributed by atoms with van der Waals surface area (Å²) in [5.74, 6) is 0.970. The van der Waals surface area contributed by atoms with Crippen LogP contribution in [0.4, 0.5) is 4.39 Å². The molecule has 3 rings (SSSR count). The van der Waals surface area contributed by atoms with Gasteiger partial charge in [-0.05, 0) is 37.7 Å². The van der Waals surface area contributed by atoms with E-state index in [2.05, 4.69) is 6.92 Å². The van der Waals surface area contributed by atoms with Gasteiger partial charge in [-0.1, -0.05) is 13.0 Å². The standard InChI is InChI=1S/C15H20FNO/c1-2-10-4-3-7-15(10)9-13(17)12-6-5-11(16)8-14(12)18-15/h5-6,8,10,13H,2-4,7,9,17H2,1H3. The Hall–Kier alpha value is -1.09. The van der Waals surface area contributed by atoms with Crippen molar-refractivity contribution in [1.29, 1.82) is 0 Å². The predicted octanol–water partition coefficient (Wildman–Crippen LogP) is 3.56. The molecule has 1 aromatic rings. The first-order chi connectivity index (χ1) is 8.64. The van der Waals surface area contributed by atoms with Gasteiger partial charge in [0.1, 0.15) is 17.2 Å². The minimum atomic E-state index is -0.246. The smallest absolute Gasteiger partial charge is 0.127 e. The van der Waals surface area contributed by atoms with Crippen molar-refractivity contribution in [3.63, 3.8) is 0 Å². The summed E-state index contributed by atoms with van der Waals surface area (Å²) in [4.78, 5) is 0. The minimum absolute atomic E-state index is 0.0264. The van der Waals surface area contributed by atoms with Crippen molar-refractivity contribution in [2.75, 3.05) is 0 Å². The lowest BCUT2D eigenvalue weighted by Crippen LogP contribution is -2.45. The van der Waals surface area contributed by atoms with Gasteiger partial charge < -0.3 is 10.5 Å². The van der Waals surface area contributed by atoms with Crippen molar-refractivity contribution in [3.05, 3.63) is 29.6 Å². The molecule has 1 fully saturated rings. The number of fused-ring (bicyclic) bond motifs is 1. The van der Waals surface area contributed by atoms with Crippen LogP contribution in [-0.2, 0) is 0 Å². The fraction of sp³-hybridized carbons (Fsp3) is 0.600. The van der Waals surface area contributed by atoms with E-state index >= 15 is 0 Å². The molecular formula is C15H20FNO. The Kier molecular flexibility index (Phi) is 2.81. The summed E-state index contributed by atoms with van der Waals surface area (Å²) in [6.45, 7) is 2.20. The van der Waals surface area contributed by atoms with Crippen molar-refractivity contribution >= 4 is 0 Å². The summed E-state index contributed by atoms with van der Waals surface area (Å²) >= 11 is 0. The number of halogens is 1. The maximum absolute atomic E-state index is 13.4. The summed E-state index contributed by atoms with van der Waals surface area (Å²) in [7, 11) is 0. The zero-order valence-corrected chi connectivity index (χ0v) is 10.8. The first-order valence-corrected chi connectivity index (χ1v) is 6.88. The molecule has 3 atom stereocenters. The zero-order valence-electron chi connectivity index (χ0n) is 10.8. The van der Waals surface area contributed by atoms with Gasteiger partial charge in [0.15, 0.2) is 0 Å². The first kappa shape index (κ1) is 12.0. The Morgan fingerprint density at radius 2 is 2.33 bits per heavy atom. The van der Waals surface area contributed by atoms with Crippen LogP contribution in [0.1, 0.15) is 50.6 Å². The average Bonchev–Trinajstić information content (AvgIpc) is 2.70. The molecule has 1 aliphatic carbocycles. The van der Waals surface area contributed by atoms with E-state index in [0.29, 0.717) is 11.7 Å². The Balaban J connectivity index is 1.99. The van der Waals surface area contributed by atoms with Crippen molar-refractivity contribution in [1.82, 2.24) is 0 Å². The van der Waals surface area contributed by atoms with Crippen LogP contribution in [0.15, 0.2) is 18.2 Å². The Bertz CT molecular complexity index is 462. The molecule has 1 spiro atoms. The summed E-state index contributed by atoms with van der Waals surface area (Å²) in [6.07, 6.45) is 5.42. The van der Waals surface area contributed by atoms with E-state index in [-0.39, 0.29) is 17.5 Å². The van der Waals surface area contributed by atoms with Crippen LogP contribution in [0.5, 0.6) is 5.75 Å². The largest absolute Gasteiger partial charge is 0.486 e. The number of nitrogens with two attached hydrogens (primary N) is 1. The molecule has 2 nitrogen and oxygen atoms in total. The zero-order chi connectivity index (χ0) is 12.8. The molecule has 3 heteroatoms. The molecule has 1 aliphatic heterocycles. The molecule has 0 radical (unpaired) electrons. The van der Waals surface area contributed by atoms with Crippen molar-refractivity contribution in [2.24, 2.45) is 11.7 Å². The fourth-order valence-electron chi connectivity index (χ4n) is 3.74. The second-order valence-corrected chi connectivity index (χ2v) is 5.66. The Morgan fingerprint density at radius 3 is 3.11 bits per heavy atom. The third-order valence-electron chi connectivity index (χ3n) is 4.64. The van der Waals surface area contributed by atoms with Crippen LogP contribution < -0.4 is 10.5 Å². The summed E-state index contributed by atoms with van der Waals surface area (Å²) in [5, 5.41) is 0. The second kappa shape index (κ2) is 4.23. The van der Waals surface area contributed by atoms with Crippen molar-refractivity contribution in [2.45, 2.75) is 50.7 Å². The highest BCUT2D eigenvalue weighted by Crippen LogP contribution is 2.50. The molecule has 1 heterocycles. The molecule has 1 aromatic carbocycles. The number of hydrogen-bond donors (Lipinski definition) is 1. The SMILES string of the molecule is CCC1CCCC12CC(N)c1ccc(F)cc1O2. The molecule has 2 aliphatic rings. The number of ether oxygens (including phenoxy) is 1. The van der Waals surface area contributed by atoms with E-state index in [9.17, 15) is 4.39 Å². The topological polar surface area (TPSA) is 35.2 Å². The van der Waals surface area contributed by atoms with Crippen molar-refractivity contribution < 1.29 is 9.13 Å². The quantitative estimate of drug-likeness (QED) is 0.826. The van der Waals surface area contributed by atoms with Crippen LogP contribution in [0.2, 0.25) is 0 Å². The maximum Gasteiger partial charge on any atom is 0.127 e. The lowest BCUT2D eigenvalue weighted by Gasteiger charge is -2.42. The number of rotatable bonds is 1. The van der Waals surface area contributed by atoms with Gasteiger partial charge >= 0.3 is 0 Å². The van der Waals surface area contributed by atoms with E-state index in [4.69, 9.17) is 10.5 Å². The highest BCUT2D eigenvalue weighted by atomic mass is 19.1. The van der Waals surface area contributed by atoms with E-state index in [1.807, 2.05) is 0 Å². The lowest BCUT2D eigenvalue weighted by molar-refractivity contribution is -0.00124. The van der Waals surface area contributed by atoms with Gasteiger partial charge in [0.25, 0.3) is 0 Å². The van der Waals surface area contributed by atoms with Crippen LogP contribution in [0, 0.1) is 11.7 Å². The van der Waals surface area contributed by atoms with Gasteiger partial charge in [-0.25, -0.2) is 4.39 Å². The van der Waals surface area contributed by atoms with Gasteiger partial charge in [0.05, 0.1) is 0 Å². The van der Waals surface area contributed by atoms with Gasteiger partial charge in [-0.15, -0.1) is 0 Å². The average molecular weight is 249 g/mol. The van der Waals surface area contributed by atoms with E-state index < -0.39 is 0 Å². The summed E-state index contributed by atoms with van der Waals surface area (Å²) < 4.78 is 19.6. The fourth-order valence-corrected chi connectivity index (χ4v) is 3.74. The lowest BCUT2D eigenvalue weighted by atomic mass is 9.79. The second-order valence-electron chi connectivity index (χ2n) is 5.66. The number of hydrogen-bond acceptors (Lipinski definition) is 2. The molecule has 98 valence electrons. The van der Waals surface area contributed by atoms with Gasteiger partial charge in [-0.3, -0.25) is 0 Å². The molecular weight excluding hydrogens is 229 g/mol. The number of benzene rings is 1. The highest BCUT2D eigenvalue weighted by molar-refractivity contribution is 5.39. The predicted molar refractivity (Wildman–Crippen MR) is 68.9 cm³/mol. The maximum atomic E-state index is 13.4. The van der Waals surface area contributed by atoms with Crippen LogP contribution in [0.25, 0.3) is 0 Å². The molecule has 0 amide bonds. The third kappa shape index (κ3) is 1.72. The van der Waals surface area contributed by atoms with Crippen LogP contribution in [-0.4, -0.2) is 5.60 Å². The van der Waals surface area contributed by atoms with E-state index in [0.717, 1.165) is 24.8 Å². The monoisotopic (exact) mass is 249 g/mol. The van der Waals surface area contributed by atoms with Crippen molar-refractivity contribution in [3.8, 4) is 5.75 Å². The molecule has 3 unspecified atom stereocenters. The first-order valence-electron chi connectivity index (χ1n) is 6.88. The summed E-state index contributed by atoms with van der Waals surface area (Å²) in [5.41, 5.74) is 7.07. The molecule has 0 aromatic heterocycles. The van der Waals surface area contributed by atoms with Crippen LogP contribution >= 0.6 is 0 Å². The Morgan fingerprint density at radius 1 is 1.50 bits per heavy atom. The highest BCUT2D eigenvalue weighted by Gasteiger charge is 2.48. The van der Waals surface area contributed by atoms with E-state index in [1.165, 1.54) is 25.0 Å². The third-order valence-corrected chi connectivity index (χ3v) is 4.64. The molecule has 2 N–H and O–H groups in total. The minimum Gasteiger partial charge on any atom is -0.486 e. The van der Waals surface area contributed by atoms with Gasteiger partial charge in [0, 0.05) is 24.1 Å². The normalized spacial score (nSPS) is 34.4. The van der Waals surface area contributed by atoms with E-state index in [1.54, 1.807) is 6.07 Å². The summed E-state index contributed by atoms with van der Waals surface area (Å²) in [6, 6.07) is 4.69.